The molecule has 338 valence electrons. The average molecular weight is 819 g/mol. The minimum atomic E-state index is 0.678. The van der Waals surface area contributed by atoms with Crippen molar-refractivity contribution in [3.63, 3.8) is 0 Å². The fraction of sp³-hybridized carbons (Fsp3) is 0.778. The lowest BCUT2D eigenvalue weighted by Crippen LogP contribution is -2.06. The fourth-order valence-electron chi connectivity index (χ4n) is 7.95. The highest BCUT2D eigenvalue weighted by molar-refractivity contribution is 5.80. The number of benzene rings is 1. The predicted molar refractivity (Wildman–Crippen MR) is 258 cm³/mol. The van der Waals surface area contributed by atoms with E-state index in [-0.39, 0.29) is 0 Å². The van der Waals surface area contributed by atoms with E-state index in [9.17, 15) is 0 Å². The van der Waals surface area contributed by atoms with Crippen LogP contribution in [0.15, 0.2) is 41.5 Å². The zero-order chi connectivity index (χ0) is 41.9. The lowest BCUT2D eigenvalue weighted by molar-refractivity contribution is 0.234. The molecule has 1 heterocycles. The van der Waals surface area contributed by atoms with E-state index in [1.807, 2.05) is 36.5 Å². The lowest BCUT2D eigenvalue weighted by Gasteiger charge is -2.18. The van der Waals surface area contributed by atoms with Crippen LogP contribution in [0.4, 0.5) is 5.69 Å². The van der Waals surface area contributed by atoms with E-state index < -0.39 is 0 Å². The summed E-state index contributed by atoms with van der Waals surface area (Å²) in [4.78, 5) is 9.29. The summed E-state index contributed by atoms with van der Waals surface area (Å²) in [6, 6.07) is 9.98. The molecule has 1 aromatic heterocycles. The molecule has 0 unspecified atom stereocenters. The number of aliphatic imine (C=N–C) groups is 1. The van der Waals surface area contributed by atoms with Crippen molar-refractivity contribution in [1.29, 1.82) is 0 Å². The number of hydrogen-bond donors (Lipinski definition) is 0. The summed E-state index contributed by atoms with van der Waals surface area (Å²) in [7, 11) is 0. The molecule has 0 aliphatic heterocycles. The van der Waals surface area contributed by atoms with Crippen LogP contribution in [0.2, 0.25) is 0 Å². The van der Waals surface area contributed by atoms with Gasteiger partial charge in [-0.3, -0.25) is 9.98 Å². The Morgan fingerprint density at radius 2 is 0.729 bits per heavy atom. The lowest BCUT2D eigenvalue weighted by atomic mass is 10.1. The van der Waals surface area contributed by atoms with Crippen LogP contribution in [0, 0.1) is 0 Å². The van der Waals surface area contributed by atoms with Gasteiger partial charge in [-0.1, -0.05) is 239 Å². The molecule has 0 aliphatic carbocycles. The Morgan fingerprint density at radius 3 is 1.05 bits per heavy atom. The quantitative estimate of drug-likeness (QED) is 0.0494. The Bertz CT molecular complexity index is 1150. The highest BCUT2D eigenvalue weighted by Gasteiger charge is 2.16. The van der Waals surface area contributed by atoms with E-state index in [1.54, 1.807) is 6.20 Å². The highest BCUT2D eigenvalue weighted by Crippen LogP contribution is 2.42. The number of nitrogens with zero attached hydrogens (tertiary/aromatic N) is 2. The summed E-state index contributed by atoms with van der Waals surface area (Å²) in [6.45, 7) is 8.92. The summed E-state index contributed by atoms with van der Waals surface area (Å²) in [5.74, 6) is 2.27. The van der Waals surface area contributed by atoms with Gasteiger partial charge in [-0.15, -0.1) is 0 Å². The number of hydrogen-bond acceptors (Lipinski definition) is 5. The van der Waals surface area contributed by atoms with Gasteiger partial charge >= 0.3 is 0 Å². The van der Waals surface area contributed by atoms with E-state index in [1.165, 1.54) is 212 Å². The van der Waals surface area contributed by atoms with Gasteiger partial charge in [-0.25, -0.2) is 0 Å². The van der Waals surface area contributed by atoms with Crippen LogP contribution in [-0.2, 0) is 0 Å². The molecule has 5 nitrogen and oxygen atoms in total. The number of aromatic nitrogens is 1. The second-order valence-corrected chi connectivity index (χ2v) is 17.5. The molecule has 59 heavy (non-hydrogen) atoms. The van der Waals surface area contributed by atoms with E-state index in [4.69, 9.17) is 19.2 Å². The van der Waals surface area contributed by atoms with Crippen molar-refractivity contribution in [2.24, 2.45) is 4.99 Å². The van der Waals surface area contributed by atoms with Gasteiger partial charge in [-0.2, -0.15) is 0 Å². The molecule has 5 heteroatoms. The maximum absolute atomic E-state index is 6.59. The van der Waals surface area contributed by atoms with Crippen molar-refractivity contribution in [3.8, 4) is 17.2 Å². The third-order valence-corrected chi connectivity index (χ3v) is 11.8. The van der Waals surface area contributed by atoms with Gasteiger partial charge in [0.25, 0.3) is 0 Å². The third kappa shape index (κ3) is 31.0. The van der Waals surface area contributed by atoms with Crippen LogP contribution in [0.25, 0.3) is 0 Å². The van der Waals surface area contributed by atoms with Gasteiger partial charge in [0, 0.05) is 18.3 Å². The standard InChI is InChI=1S/C54H94N2O3/c1-4-7-10-13-16-19-22-25-28-31-34-39-44-57-52-47-51(56-49-50-42-37-38-43-55-50)48-53(58-45-40-35-32-29-26-23-20-17-14-11-8-5-2)54(52)59-46-41-36-33-30-27-24-21-18-15-12-9-6-3/h37-38,42-43,47-49H,4-36,39-41,44-46H2,1-3H3. The van der Waals surface area contributed by atoms with Crippen LogP contribution in [0.5, 0.6) is 17.2 Å². The minimum Gasteiger partial charge on any atom is -0.489 e. The highest BCUT2D eigenvalue weighted by atomic mass is 16.5. The number of ether oxygens (including phenoxy) is 3. The minimum absolute atomic E-state index is 0.678. The molecule has 1 aromatic carbocycles. The van der Waals surface area contributed by atoms with Gasteiger partial charge in [-0.05, 0) is 31.4 Å². The van der Waals surface area contributed by atoms with Crippen molar-refractivity contribution in [2.45, 2.75) is 252 Å². The Balaban J connectivity index is 1.93. The van der Waals surface area contributed by atoms with Gasteiger partial charge in [0.15, 0.2) is 11.5 Å². The zero-order valence-electron chi connectivity index (χ0n) is 39.2. The summed E-state index contributed by atoms with van der Waals surface area (Å²) in [6.07, 6.45) is 51.6. The van der Waals surface area contributed by atoms with Gasteiger partial charge in [0.1, 0.15) is 0 Å². The molecule has 0 amide bonds. The van der Waals surface area contributed by atoms with Crippen molar-refractivity contribution >= 4 is 11.9 Å². The van der Waals surface area contributed by atoms with E-state index in [2.05, 4.69) is 25.8 Å². The first kappa shape index (κ1) is 52.6. The first-order valence-corrected chi connectivity index (χ1v) is 25.8. The second-order valence-electron chi connectivity index (χ2n) is 17.5. The molecular weight excluding hydrogens is 725 g/mol. The molecule has 0 atom stereocenters. The van der Waals surface area contributed by atoms with Crippen molar-refractivity contribution < 1.29 is 14.2 Å². The second kappa shape index (κ2) is 40.8. The summed E-state index contributed by atoms with van der Waals surface area (Å²) in [5, 5.41) is 0. The van der Waals surface area contributed by atoms with Crippen LogP contribution >= 0.6 is 0 Å². The zero-order valence-corrected chi connectivity index (χ0v) is 39.2. The van der Waals surface area contributed by atoms with Crippen LogP contribution < -0.4 is 14.2 Å². The molecule has 0 saturated carbocycles. The van der Waals surface area contributed by atoms with Crippen molar-refractivity contribution in [3.05, 3.63) is 42.2 Å². The Kier molecular flexibility index (Phi) is 36.4. The third-order valence-electron chi connectivity index (χ3n) is 11.8. The van der Waals surface area contributed by atoms with Crippen LogP contribution in [-0.4, -0.2) is 31.0 Å². The molecule has 0 N–H and O–H groups in total. The Morgan fingerprint density at radius 1 is 0.407 bits per heavy atom. The van der Waals surface area contributed by atoms with Crippen molar-refractivity contribution in [1.82, 2.24) is 4.98 Å². The topological polar surface area (TPSA) is 52.9 Å². The average Bonchev–Trinajstić information content (AvgIpc) is 3.26. The fourth-order valence-corrected chi connectivity index (χ4v) is 7.95. The molecule has 0 fully saturated rings. The predicted octanol–water partition coefficient (Wildman–Crippen LogP) is 18.1. The summed E-state index contributed by atoms with van der Waals surface area (Å²) >= 11 is 0. The number of unbranched alkanes of at least 4 members (excludes halogenated alkanes) is 33. The van der Waals surface area contributed by atoms with Gasteiger partial charge < -0.3 is 14.2 Å². The molecule has 0 radical (unpaired) electrons. The normalized spacial score (nSPS) is 11.5. The van der Waals surface area contributed by atoms with Crippen LogP contribution in [0.1, 0.15) is 258 Å². The maximum Gasteiger partial charge on any atom is 0.203 e. The van der Waals surface area contributed by atoms with Crippen LogP contribution in [0.3, 0.4) is 0 Å². The van der Waals surface area contributed by atoms with E-state index in [0.717, 1.165) is 47.9 Å². The monoisotopic (exact) mass is 819 g/mol. The Labute approximate surface area is 366 Å². The molecular formula is C54H94N2O3. The van der Waals surface area contributed by atoms with E-state index >= 15 is 0 Å². The van der Waals surface area contributed by atoms with E-state index in [0.29, 0.717) is 19.8 Å². The van der Waals surface area contributed by atoms with Crippen molar-refractivity contribution in [2.75, 3.05) is 19.8 Å². The van der Waals surface area contributed by atoms with Gasteiger partial charge in [0.2, 0.25) is 5.75 Å². The molecule has 0 saturated heterocycles. The Hall–Kier alpha value is -2.56. The molecule has 0 bridgehead atoms. The number of pyridine rings is 1. The molecule has 0 spiro atoms. The molecule has 0 aliphatic rings. The first-order chi connectivity index (χ1) is 29.3. The molecule has 2 rings (SSSR count). The number of rotatable bonds is 44. The first-order valence-electron chi connectivity index (χ1n) is 25.8. The molecule has 2 aromatic rings. The SMILES string of the molecule is CCCCCCCCCCCCCCOc1cc(N=Cc2ccccn2)cc(OCCCCCCCCCCCCCC)c1OCCCCCCCCCCCCCC. The largest absolute Gasteiger partial charge is 0.489 e. The smallest absolute Gasteiger partial charge is 0.203 e. The maximum atomic E-state index is 6.59. The summed E-state index contributed by atoms with van der Waals surface area (Å²) < 4.78 is 19.7. The van der Waals surface area contributed by atoms with Gasteiger partial charge in [0.05, 0.1) is 37.4 Å². The summed E-state index contributed by atoms with van der Waals surface area (Å²) in [5.41, 5.74) is 1.64.